The third-order valence-electron chi connectivity index (χ3n) is 5.81. The Bertz CT molecular complexity index is 1470. The molecule has 0 unspecified atom stereocenters. The van der Waals surface area contributed by atoms with Crippen molar-refractivity contribution in [1.29, 1.82) is 0 Å². The Morgan fingerprint density at radius 3 is 2.33 bits per heavy atom. The van der Waals surface area contributed by atoms with Gasteiger partial charge in [-0.25, -0.2) is 8.42 Å². The molecule has 0 fully saturated rings. The molecule has 0 saturated heterocycles. The molecule has 39 heavy (non-hydrogen) atoms. The number of carbonyl (C=O) groups is 2. The molecule has 0 aromatic heterocycles. The van der Waals surface area contributed by atoms with Crippen molar-refractivity contribution < 1.29 is 22.9 Å². The lowest BCUT2D eigenvalue weighted by molar-refractivity contribution is -0.384. The third-order valence-corrected chi connectivity index (χ3v) is 8.19. The quantitative estimate of drug-likeness (QED) is 0.255. The molecule has 1 N–H and O–H groups in total. The highest BCUT2D eigenvalue weighted by Gasteiger charge is 2.33. The molecule has 0 radical (unpaired) electrons. The normalized spacial score (nSPS) is 11.9. The van der Waals surface area contributed by atoms with Crippen LogP contribution in [0.4, 0.5) is 11.4 Å². The minimum absolute atomic E-state index is 0.0865. The molecular weight excluding hydrogens is 567 g/mol. The number of carbonyl (C=O) groups excluding carboxylic acids is 2. The predicted molar refractivity (Wildman–Crippen MR) is 149 cm³/mol. The zero-order valence-electron chi connectivity index (χ0n) is 21.1. The van der Waals surface area contributed by atoms with Gasteiger partial charge in [-0.1, -0.05) is 53.5 Å². The van der Waals surface area contributed by atoms with E-state index in [4.69, 9.17) is 23.2 Å². The molecule has 0 saturated carbocycles. The molecule has 1 atom stereocenters. The van der Waals surface area contributed by atoms with Gasteiger partial charge in [-0.3, -0.25) is 24.0 Å². The number of amides is 2. The maximum atomic E-state index is 13.8. The van der Waals surface area contributed by atoms with Crippen LogP contribution in [0, 0.1) is 10.1 Å². The highest BCUT2D eigenvalue weighted by molar-refractivity contribution is 7.92. The SMILES string of the molecule is CCNC(=O)[C@H](C)N(Cc1ccc(Cl)cc1Cl)C(=O)CN(c1cccc([N+](=O)[O-])c1)S(=O)(=O)c1ccccc1. The Morgan fingerprint density at radius 2 is 1.72 bits per heavy atom. The molecule has 0 heterocycles. The fraction of sp³-hybridized carbons (Fsp3) is 0.231. The van der Waals surface area contributed by atoms with Crippen LogP contribution in [0.15, 0.2) is 77.7 Å². The number of nitrogens with one attached hydrogen (secondary N) is 1. The molecular formula is C26H26Cl2N4O6S. The number of benzene rings is 3. The Labute approximate surface area is 236 Å². The molecule has 0 spiro atoms. The number of nitro groups is 1. The van der Waals surface area contributed by atoms with Crippen LogP contribution in [0.25, 0.3) is 0 Å². The number of sulfonamides is 1. The number of non-ortho nitro benzene ring substituents is 1. The monoisotopic (exact) mass is 592 g/mol. The van der Waals surface area contributed by atoms with E-state index in [1.807, 2.05) is 0 Å². The van der Waals surface area contributed by atoms with E-state index in [1.165, 1.54) is 60.4 Å². The van der Waals surface area contributed by atoms with Crippen molar-refractivity contribution in [3.8, 4) is 0 Å². The Balaban J connectivity index is 2.08. The van der Waals surface area contributed by atoms with Crippen LogP contribution in [-0.4, -0.2) is 49.2 Å². The van der Waals surface area contributed by atoms with Gasteiger partial charge in [-0.15, -0.1) is 0 Å². The average molecular weight is 593 g/mol. The summed E-state index contributed by atoms with van der Waals surface area (Å²) in [6.07, 6.45) is 0. The fourth-order valence-electron chi connectivity index (χ4n) is 3.75. The van der Waals surface area contributed by atoms with Gasteiger partial charge in [0.25, 0.3) is 15.7 Å². The Hall–Kier alpha value is -3.67. The molecule has 10 nitrogen and oxygen atoms in total. The van der Waals surface area contributed by atoms with Gasteiger partial charge in [0.15, 0.2) is 0 Å². The van der Waals surface area contributed by atoms with E-state index in [1.54, 1.807) is 25.1 Å². The van der Waals surface area contributed by atoms with Crippen molar-refractivity contribution in [2.45, 2.75) is 31.3 Å². The summed E-state index contributed by atoms with van der Waals surface area (Å²) < 4.78 is 28.2. The van der Waals surface area contributed by atoms with Crippen molar-refractivity contribution in [3.63, 3.8) is 0 Å². The standard InChI is InChI=1S/C26H26Cl2N4O6S/c1-3-29-26(34)18(2)30(16-19-12-13-20(27)14-24(19)28)25(33)17-31(21-8-7-9-22(15-21)32(35)36)39(37,38)23-10-5-4-6-11-23/h4-15,18H,3,16-17H2,1-2H3,(H,29,34)/t18-/m0/s1. The molecule has 0 bridgehead atoms. The fourth-order valence-corrected chi connectivity index (χ4v) is 5.64. The van der Waals surface area contributed by atoms with Gasteiger partial charge in [0.05, 0.1) is 15.5 Å². The minimum atomic E-state index is -4.35. The summed E-state index contributed by atoms with van der Waals surface area (Å²) in [7, 11) is -4.35. The lowest BCUT2D eigenvalue weighted by Gasteiger charge is -2.32. The Morgan fingerprint density at radius 1 is 1.03 bits per heavy atom. The van der Waals surface area contributed by atoms with E-state index in [0.717, 1.165) is 10.4 Å². The van der Waals surface area contributed by atoms with Crippen molar-refractivity contribution >= 4 is 56.4 Å². The molecule has 3 aromatic rings. The van der Waals surface area contributed by atoms with E-state index in [0.29, 0.717) is 17.1 Å². The number of halogens is 2. The van der Waals surface area contributed by atoms with Crippen molar-refractivity contribution in [3.05, 3.63) is 98.5 Å². The van der Waals surface area contributed by atoms with Gasteiger partial charge >= 0.3 is 0 Å². The second kappa shape index (κ2) is 12.9. The maximum absolute atomic E-state index is 13.8. The summed E-state index contributed by atoms with van der Waals surface area (Å²) in [5, 5.41) is 14.7. The molecule has 13 heteroatoms. The lowest BCUT2D eigenvalue weighted by Crippen LogP contribution is -2.51. The minimum Gasteiger partial charge on any atom is -0.355 e. The van der Waals surface area contributed by atoms with Gasteiger partial charge in [-0.2, -0.15) is 0 Å². The van der Waals surface area contributed by atoms with Crippen LogP contribution in [0.3, 0.4) is 0 Å². The van der Waals surface area contributed by atoms with Crippen LogP contribution >= 0.6 is 23.2 Å². The molecule has 3 rings (SSSR count). The highest BCUT2D eigenvalue weighted by atomic mass is 35.5. The summed E-state index contributed by atoms with van der Waals surface area (Å²) in [6, 6.07) is 16.0. The van der Waals surface area contributed by atoms with Gasteiger partial charge in [0, 0.05) is 35.3 Å². The van der Waals surface area contributed by atoms with Gasteiger partial charge in [0.1, 0.15) is 12.6 Å². The van der Waals surface area contributed by atoms with Crippen molar-refractivity contribution in [1.82, 2.24) is 10.2 Å². The summed E-state index contributed by atoms with van der Waals surface area (Å²) in [5.74, 6) is -1.19. The van der Waals surface area contributed by atoms with E-state index >= 15 is 0 Å². The van der Waals surface area contributed by atoms with E-state index in [2.05, 4.69) is 5.32 Å². The van der Waals surface area contributed by atoms with Crippen LogP contribution in [0.2, 0.25) is 10.0 Å². The number of rotatable bonds is 11. The Kier molecular flexibility index (Phi) is 9.90. The van der Waals surface area contributed by atoms with Gasteiger partial charge in [-0.05, 0) is 49.7 Å². The number of nitrogens with zero attached hydrogens (tertiary/aromatic N) is 3. The van der Waals surface area contributed by atoms with E-state index < -0.39 is 39.3 Å². The van der Waals surface area contributed by atoms with Crippen LogP contribution in [-0.2, 0) is 26.2 Å². The second-order valence-corrected chi connectivity index (χ2v) is 11.1. The maximum Gasteiger partial charge on any atom is 0.271 e. The summed E-state index contributed by atoms with van der Waals surface area (Å²) in [5.41, 5.74) is 0.0450. The zero-order valence-corrected chi connectivity index (χ0v) is 23.4. The first kappa shape index (κ1) is 29.9. The molecule has 206 valence electrons. The molecule has 2 amide bonds. The van der Waals surface area contributed by atoms with Crippen molar-refractivity contribution in [2.24, 2.45) is 0 Å². The zero-order chi connectivity index (χ0) is 28.7. The second-order valence-electron chi connectivity index (χ2n) is 8.43. The number of hydrogen-bond donors (Lipinski definition) is 1. The number of hydrogen-bond acceptors (Lipinski definition) is 6. The first-order valence-corrected chi connectivity index (χ1v) is 14.0. The number of anilines is 1. The summed E-state index contributed by atoms with van der Waals surface area (Å²) in [4.78, 5) is 38.4. The summed E-state index contributed by atoms with van der Waals surface area (Å²) in [6.45, 7) is 2.68. The molecule has 3 aromatic carbocycles. The highest BCUT2D eigenvalue weighted by Crippen LogP contribution is 2.28. The average Bonchev–Trinajstić information content (AvgIpc) is 2.91. The molecule has 0 aliphatic rings. The number of nitro benzene ring substituents is 1. The predicted octanol–water partition coefficient (Wildman–Crippen LogP) is 4.65. The molecule has 0 aliphatic carbocycles. The smallest absolute Gasteiger partial charge is 0.271 e. The first-order valence-electron chi connectivity index (χ1n) is 11.8. The largest absolute Gasteiger partial charge is 0.355 e. The molecule has 0 aliphatic heterocycles. The summed E-state index contributed by atoms with van der Waals surface area (Å²) >= 11 is 12.3. The van der Waals surface area contributed by atoms with Gasteiger partial charge in [0.2, 0.25) is 11.8 Å². The van der Waals surface area contributed by atoms with E-state index in [9.17, 15) is 28.1 Å². The van der Waals surface area contributed by atoms with Crippen LogP contribution in [0.5, 0.6) is 0 Å². The van der Waals surface area contributed by atoms with Crippen molar-refractivity contribution in [2.75, 3.05) is 17.4 Å². The van der Waals surface area contributed by atoms with Crippen LogP contribution < -0.4 is 9.62 Å². The van der Waals surface area contributed by atoms with Crippen LogP contribution in [0.1, 0.15) is 19.4 Å². The number of likely N-dealkylation sites (N-methyl/N-ethyl adjacent to an activating group) is 1. The van der Waals surface area contributed by atoms with E-state index in [-0.39, 0.29) is 27.8 Å². The lowest BCUT2D eigenvalue weighted by atomic mass is 10.1. The third kappa shape index (κ3) is 7.25. The topological polar surface area (TPSA) is 130 Å². The first-order chi connectivity index (χ1) is 18.4. The van der Waals surface area contributed by atoms with Gasteiger partial charge < -0.3 is 10.2 Å².